The van der Waals surface area contributed by atoms with Crippen LogP contribution in [0.15, 0.2) is 36.4 Å². The molecule has 0 bridgehead atoms. The van der Waals surface area contributed by atoms with Gasteiger partial charge in [0.2, 0.25) is 0 Å². The lowest BCUT2D eigenvalue weighted by molar-refractivity contribution is 0.00352. The lowest BCUT2D eigenvalue weighted by atomic mass is 9.96. The Balaban J connectivity index is 1.82. The molecule has 2 aromatic carbocycles. The standard InChI is InChI=1S/C39H51F3N4O10/c1-36(2,3)54-33(50)44-17-15-25(16-18-44)45(26-14-12-13-24(40)20-26)31(48)43-32(49)53-39(10,11)22-23-19-27(29(42)21-28(23)41)30(47)46(34(51)55-37(4,5)6)35(52)56-38(7,8)9/h12-14,19-21,25H,15-18,22H2,1-11H3,(H,43,48,49). The van der Waals surface area contributed by atoms with Crippen LogP contribution in [0.2, 0.25) is 0 Å². The molecule has 1 fully saturated rings. The number of nitrogens with zero attached hydrogens (tertiary/aromatic N) is 3. The number of carbonyl (C=O) groups is 6. The van der Waals surface area contributed by atoms with Crippen LogP contribution in [-0.4, -0.2) is 87.6 Å². The Morgan fingerprint density at radius 3 is 1.77 bits per heavy atom. The summed E-state index contributed by atoms with van der Waals surface area (Å²) >= 11 is 0. The van der Waals surface area contributed by atoms with Gasteiger partial charge in [-0.2, -0.15) is 0 Å². The second-order valence-corrected chi connectivity index (χ2v) is 16.8. The quantitative estimate of drug-likeness (QED) is 0.281. The molecule has 0 aliphatic carbocycles. The molecule has 56 heavy (non-hydrogen) atoms. The Bertz CT molecular complexity index is 1800. The normalized spacial score (nSPS) is 14.0. The van der Waals surface area contributed by atoms with Gasteiger partial charge in [-0.1, -0.05) is 6.07 Å². The highest BCUT2D eigenvalue weighted by atomic mass is 19.1. The summed E-state index contributed by atoms with van der Waals surface area (Å²) < 4.78 is 66.0. The molecule has 0 radical (unpaired) electrons. The predicted molar refractivity (Wildman–Crippen MR) is 197 cm³/mol. The molecule has 0 spiro atoms. The lowest BCUT2D eigenvalue weighted by Gasteiger charge is -2.38. The van der Waals surface area contributed by atoms with Crippen LogP contribution in [0.1, 0.15) is 105 Å². The number of hydrogen-bond donors (Lipinski definition) is 1. The van der Waals surface area contributed by atoms with Gasteiger partial charge in [0.25, 0.3) is 5.91 Å². The fraction of sp³-hybridized carbons (Fsp3) is 0.538. The Morgan fingerprint density at radius 1 is 0.732 bits per heavy atom. The molecule has 308 valence electrons. The highest BCUT2D eigenvalue weighted by Gasteiger charge is 2.39. The van der Waals surface area contributed by atoms with E-state index in [-0.39, 0.29) is 42.1 Å². The number of rotatable bonds is 6. The fourth-order valence-electron chi connectivity index (χ4n) is 5.54. The molecule has 0 atom stereocenters. The van der Waals surface area contributed by atoms with E-state index in [1.807, 2.05) is 0 Å². The van der Waals surface area contributed by atoms with Crippen LogP contribution in [0, 0.1) is 17.5 Å². The minimum Gasteiger partial charge on any atom is -0.444 e. The fourth-order valence-corrected chi connectivity index (χ4v) is 5.54. The van der Waals surface area contributed by atoms with Crippen molar-refractivity contribution in [3.8, 4) is 0 Å². The summed E-state index contributed by atoms with van der Waals surface area (Å²) in [5, 5.41) is 2.11. The van der Waals surface area contributed by atoms with Crippen molar-refractivity contribution in [2.45, 2.75) is 124 Å². The third-order valence-corrected chi connectivity index (χ3v) is 7.70. The molecular formula is C39H51F3N4O10. The smallest absolute Gasteiger partial charge is 0.427 e. The number of piperidine rings is 1. The first-order chi connectivity index (χ1) is 25.6. The number of hydrogen-bond acceptors (Lipinski definition) is 10. The van der Waals surface area contributed by atoms with E-state index >= 15 is 8.78 Å². The minimum atomic E-state index is -1.62. The van der Waals surface area contributed by atoms with Gasteiger partial charge in [0.05, 0.1) is 5.56 Å². The number of urea groups is 1. The van der Waals surface area contributed by atoms with Gasteiger partial charge < -0.3 is 23.8 Å². The van der Waals surface area contributed by atoms with Crippen LogP contribution in [0.3, 0.4) is 0 Å². The summed E-state index contributed by atoms with van der Waals surface area (Å²) in [6.07, 6.45) is -4.70. The highest BCUT2D eigenvalue weighted by Crippen LogP contribution is 2.28. The Kier molecular flexibility index (Phi) is 13.8. The number of carbonyl (C=O) groups excluding carboxylic acids is 6. The molecule has 1 aliphatic rings. The zero-order chi connectivity index (χ0) is 42.6. The first kappa shape index (κ1) is 45.0. The summed E-state index contributed by atoms with van der Waals surface area (Å²) in [5.41, 5.74) is -5.82. The van der Waals surface area contributed by atoms with Crippen molar-refractivity contribution in [3.05, 3.63) is 65.0 Å². The number of amides is 7. The molecule has 1 N–H and O–H groups in total. The molecule has 7 amide bonds. The van der Waals surface area contributed by atoms with Gasteiger partial charge in [0, 0.05) is 37.3 Å². The van der Waals surface area contributed by atoms with E-state index in [0.29, 0.717) is 6.07 Å². The van der Waals surface area contributed by atoms with Crippen molar-refractivity contribution in [2.24, 2.45) is 0 Å². The van der Waals surface area contributed by atoms with Crippen molar-refractivity contribution < 1.29 is 60.9 Å². The number of ether oxygens (including phenoxy) is 4. The molecule has 0 saturated carbocycles. The Morgan fingerprint density at radius 2 is 1.27 bits per heavy atom. The average molecular weight is 793 g/mol. The van der Waals surface area contributed by atoms with Crippen LogP contribution < -0.4 is 10.2 Å². The number of anilines is 1. The van der Waals surface area contributed by atoms with E-state index in [1.54, 1.807) is 20.8 Å². The van der Waals surface area contributed by atoms with E-state index in [4.69, 9.17) is 18.9 Å². The van der Waals surface area contributed by atoms with E-state index in [9.17, 15) is 33.2 Å². The van der Waals surface area contributed by atoms with Crippen molar-refractivity contribution in [1.82, 2.24) is 15.1 Å². The van der Waals surface area contributed by atoms with E-state index in [0.717, 1.165) is 12.1 Å². The highest BCUT2D eigenvalue weighted by molar-refractivity contribution is 6.13. The van der Waals surface area contributed by atoms with E-state index in [1.165, 1.54) is 83.4 Å². The van der Waals surface area contributed by atoms with Gasteiger partial charge in [-0.25, -0.2) is 42.5 Å². The number of alkyl carbamates (subject to hydrolysis) is 1. The lowest BCUT2D eigenvalue weighted by Crippen LogP contribution is -2.54. The molecule has 1 saturated heterocycles. The molecular weight excluding hydrogens is 741 g/mol. The topological polar surface area (TPSA) is 161 Å². The van der Waals surface area contributed by atoms with Crippen LogP contribution in [0.5, 0.6) is 0 Å². The number of imide groups is 4. The molecule has 2 aromatic rings. The van der Waals surface area contributed by atoms with Crippen molar-refractivity contribution in [3.63, 3.8) is 0 Å². The Labute approximate surface area is 324 Å². The van der Waals surface area contributed by atoms with Crippen molar-refractivity contribution >= 4 is 42.0 Å². The summed E-state index contributed by atoms with van der Waals surface area (Å²) in [6, 6.07) is 4.73. The van der Waals surface area contributed by atoms with Crippen LogP contribution >= 0.6 is 0 Å². The largest absolute Gasteiger partial charge is 0.444 e. The zero-order valence-corrected chi connectivity index (χ0v) is 33.6. The van der Waals surface area contributed by atoms with E-state index < -0.39 is 94.2 Å². The van der Waals surface area contributed by atoms with Crippen molar-refractivity contribution in [1.29, 1.82) is 0 Å². The van der Waals surface area contributed by atoms with Crippen molar-refractivity contribution in [2.75, 3.05) is 18.0 Å². The Hall–Kier alpha value is -5.35. The first-order valence-corrected chi connectivity index (χ1v) is 17.9. The number of halogens is 3. The summed E-state index contributed by atoms with van der Waals surface area (Å²) in [6.45, 7) is 17.2. The third-order valence-electron chi connectivity index (χ3n) is 7.70. The molecule has 0 aromatic heterocycles. The third kappa shape index (κ3) is 13.2. The second-order valence-electron chi connectivity index (χ2n) is 16.8. The average Bonchev–Trinajstić information content (AvgIpc) is 2.99. The monoisotopic (exact) mass is 792 g/mol. The maximum Gasteiger partial charge on any atom is 0.427 e. The minimum absolute atomic E-state index is 0.0387. The van der Waals surface area contributed by atoms with Crippen LogP contribution in [0.4, 0.5) is 42.8 Å². The van der Waals surface area contributed by atoms with Gasteiger partial charge in [-0.15, -0.1) is 4.90 Å². The summed E-state index contributed by atoms with van der Waals surface area (Å²) in [5.74, 6) is -4.72. The van der Waals surface area contributed by atoms with Crippen LogP contribution in [-0.2, 0) is 25.4 Å². The molecule has 14 nitrogen and oxygen atoms in total. The van der Waals surface area contributed by atoms with Gasteiger partial charge in [0.15, 0.2) is 0 Å². The number of likely N-dealkylation sites (tertiary alicyclic amines) is 1. The van der Waals surface area contributed by atoms with Gasteiger partial charge >= 0.3 is 30.4 Å². The summed E-state index contributed by atoms with van der Waals surface area (Å²) in [4.78, 5) is 81.6. The zero-order valence-electron chi connectivity index (χ0n) is 33.6. The summed E-state index contributed by atoms with van der Waals surface area (Å²) in [7, 11) is 0. The molecule has 3 rings (SSSR count). The maximum atomic E-state index is 15.2. The first-order valence-electron chi connectivity index (χ1n) is 17.9. The molecule has 17 heteroatoms. The predicted octanol–water partition coefficient (Wildman–Crippen LogP) is 8.49. The second kappa shape index (κ2) is 17.2. The maximum absolute atomic E-state index is 15.2. The molecule has 1 heterocycles. The van der Waals surface area contributed by atoms with Gasteiger partial charge in [0.1, 0.15) is 39.9 Å². The molecule has 0 unspecified atom stereocenters. The van der Waals surface area contributed by atoms with Gasteiger partial charge in [-0.3, -0.25) is 9.69 Å². The number of nitrogens with one attached hydrogen (secondary N) is 1. The van der Waals surface area contributed by atoms with Crippen LogP contribution in [0.25, 0.3) is 0 Å². The molecule has 1 aliphatic heterocycles. The van der Waals surface area contributed by atoms with E-state index in [2.05, 4.69) is 5.32 Å². The number of benzene rings is 2. The van der Waals surface area contributed by atoms with Gasteiger partial charge in [-0.05, 0) is 119 Å². The SMILES string of the molecule is CC(C)(C)OC(=O)N1CCC(N(C(=O)NC(=O)OC(C)(C)Cc2cc(C(=O)N(C(=O)OC(C)(C)C)C(=O)OC(C)(C)C)c(F)cc2F)c2cccc(F)c2)CC1.